The quantitative estimate of drug-likeness (QED) is 0.921. The van der Waals surface area contributed by atoms with Crippen LogP contribution < -0.4 is 10.5 Å². The highest BCUT2D eigenvalue weighted by Gasteiger charge is 2.16. The molecule has 2 N–H and O–H groups in total. The van der Waals surface area contributed by atoms with E-state index in [0.29, 0.717) is 34.6 Å². The maximum absolute atomic E-state index is 5.90. The van der Waals surface area contributed by atoms with Crippen molar-refractivity contribution in [2.75, 3.05) is 13.7 Å². The second-order valence-corrected chi connectivity index (χ2v) is 4.38. The Morgan fingerprint density at radius 3 is 2.94 bits per heavy atom. The lowest BCUT2D eigenvalue weighted by atomic mass is 10.1. The number of nitrogens with zero attached hydrogens (tertiary/aromatic N) is 2. The van der Waals surface area contributed by atoms with Crippen LogP contribution in [-0.4, -0.2) is 23.8 Å². The smallest absolute Gasteiger partial charge is 0.261 e. The summed E-state index contributed by atoms with van der Waals surface area (Å²) in [7, 11) is 1.56. The molecule has 0 spiro atoms. The standard InChI is InChI=1S/C12H14ClN3O2/c1-7(6-14)11-15-12(18-16-11)9-4-3-8(13)5-10(9)17-2/h3-5,7H,6,14H2,1-2H3. The summed E-state index contributed by atoms with van der Waals surface area (Å²) in [6.07, 6.45) is 0. The van der Waals surface area contributed by atoms with Gasteiger partial charge in [-0.2, -0.15) is 4.98 Å². The SMILES string of the molecule is COc1cc(Cl)ccc1-c1nc(C(C)CN)no1. The Balaban J connectivity index is 2.39. The summed E-state index contributed by atoms with van der Waals surface area (Å²) in [6, 6.07) is 5.23. The molecule has 0 radical (unpaired) electrons. The monoisotopic (exact) mass is 267 g/mol. The van der Waals surface area contributed by atoms with Crippen LogP contribution in [0.15, 0.2) is 22.7 Å². The van der Waals surface area contributed by atoms with Crippen molar-refractivity contribution in [3.05, 3.63) is 29.0 Å². The molecule has 2 aromatic rings. The molecular weight excluding hydrogens is 254 g/mol. The molecule has 0 aliphatic heterocycles. The molecule has 0 bridgehead atoms. The number of halogens is 1. The Kier molecular flexibility index (Phi) is 3.84. The topological polar surface area (TPSA) is 74.2 Å². The zero-order valence-electron chi connectivity index (χ0n) is 10.2. The third-order valence-corrected chi connectivity index (χ3v) is 2.87. The summed E-state index contributed by atoms with van der Waals surface area (Å²) in [6.45, 7) is 2.41. The molecule has 1 unspecified atom stereocenters. The van der Waals surface area contributed by atoms with Crippen LogP contribution in [0, 0.1) is 0 Å². The van der Waals surface area contributed by atoms with Gasteiger partial charge in [0.15, 0.2) is 5.82 Å². The summed E-state index contributed by atoms with van der Waals surface area (Å²) in [5.41, 5.74) is 6.28. The summed E-state index contributed by atoms with van der Waals surface area (Å²) in [4.78, 5) is 4.31. The Labute approximate surface area is 110 Å². The lowest BCUT2D eigenvalue weighted by Crippen LogP contribution is -2.10. The number of hydrogen-bond donors (Lipinski definition) is 1. The molecule has 2 rings (SSSR count). The molecule has 1 atom stereocenters. The van der Waals surface area contributed by atoms with E-state index in [0.717, 1.165) is 0 Å². The fourth-order valence-corrected chi connectivity index (χ4v) is 1.65. The van der Waals surface area contributed by atoms with Gasteiger partial charge in [-0.1, -0.05) is 23.7 Å². The van der Waals surface area contributed by atoms with E-state index in [1.807, 2.05) is 6.92 Å². The van der Waals surface area contributed by atoms with Crippen LogP contribution in [0.2, 0.25) is 5.02 Å². The van der Waals surface area contributed by atoms with Crippen molar-refractivity contribution in [2.24, 2.45) is 5.73 Å². The normalized spacial score (nSPS) is 12.4. The highest BCUT2D eigenvalue weighted by molar-refractivity contribution is 6.30. The van der Waals surface area contributed by atoms with Gasteiger partial charge in [-0.25, -0.2) is 0 Å². The molecule has 18 heavy (non-hydrogen) atoms. The Hall–Kier alpha value is -1.59. The lowest BCUT2D eigenvalue weighted by molar-refractivity contribution is 0.401. The van der Waals surface area contributed by atoms with Crippen molar-refractivity contribution < 1.29 is 9.26 Å². The third kappa shape index (κ3) is 2.47. The predicted octanol–water partition coefficient (Wildman–Crippen LogP) is 2.46. The lowest BCUT2D eigenvalue weighted by Gasteiger charge is -2.04. The van der Waals surface area contributed by atoms with Gasteiger partial charge in [-0.05, 0) is 18.2 Å². The molecule has 5 nitrogen and oxygen atoms in total. The summed E-state index contributed by atoms with van der Waals surface area (Å²) in [5, 5.41) is 4.50. The molecule has 0 aliphatic rings. The zero-order valence-corrected chi connectivity index (χ0v) is 10.9. The summed E-state index contributed by atoms with van der Waals surface area (Å²) >= 11 is 5.90. The van der Waals surface area contributed by atoms with Crippen LogP contribution >= 0.6 is 11.6 Å². The van der Waals surface area contributed by atoms with Crippen LogP contribution in [0.4, 0.5) is 0 Å². The molecule has 0 saturated heterocycles. The number of hydrogen-bond acceptors (Lipinski definition) is 5. The van der Waals surface area contributed by atoms with Crippen molar-refractivity contribution in [2.45, 2.75) is 12.8 Å². The second-order valence-electron chi connectivity index (χ2n) is 3.94. The van der Waals surface area contributed by atoms with Crippen LogP contribution in [0.1, 0.15) is 18.7 Å². The van der Waals surface area contributed by atoms with E-state index < -0.39 is 0 Å². The largest absolute Gasteiger partial charge is 0.496 e. The van der Waals surface area contributed by atoms with E-state index in [1.165, 1.54) is 0 Å². The van der Waals surface area contributed by atoms with Gasteiger partial charge in [0, 0.05) is 17.5 Å². The zero-order chi connectivity index (χ0) is 13.1. The van der Waals surface area contributed by atoms with Crippen LogP contribution in [0.25, 0.3) is 11.5 Å². The van der Waals surface area contributed by atoms with E-state index in [4.69, 9.17) is 26.6 Å². The maximum atomic E-state index is 5.90. The summed E-state index contributed by atoms with van der Waals surface area (Å²) in [5.74, 6) is 1.64. The Bertz CT molecular complexity index is 542. The first-order valence-electron chi connectivity index (χ1n) is 5.53. The highest BCUT2D eigenvalue weighted by atomic mass is 35.5. The van der Waals surface area contributed by atoms with Gasteiger partial charge in [-0.3, -0.25) is 0 Å². The minimum atomic E-state index is 0.0563. The van der Waals surface area contributed by atoms with Crippen molar-refractivity contribution in [1.29, 1.82) is 0 Å². The predicted molar refractivity (Wildman–Crippen MR) is 68.8 cm³/mol. The molecule has 6 heteroatoms. The first-order chi connectivity index (χ1) is 8.65. The van der Waals surface area contributed by atoms with E-state index in [1.54, 1.807) is 25.3 Å². The van der Waals surface area contributed by atoms with Gasteiger partial charge in [0.1, 0.15) is 5.75 Å². The molecule has 0 saturated carbocycles. The number of benzene rings is 1. The van der Waals surface area contributed by atoms with Gasteiger partial charge in [-0.15, -0.1) is 0 Å². The molecule has 0 aliphatic carbocycles. The first kappa shape index (κ1) is 12.9. The van der Waals surface area contributed by atoms with Crippen LogP contribution in [0.3, 0.4) is 0 Å². The van der Waals surface area contributed by atoms with Gasteiger partial charge in [0.05, 0.1) is 12.7 Å². The fourth-order valence-electron chi connectivity index (χ4n) is 1.49. The average molecular weight is 268 g/mol. The fraction of sp³-hybridized carbons (Fsp3) is 0.333. The van der Waals surface area contributed by atoms with Crippen molar-refractivity contribution in [1.82, 2.24) is 10.1 Å². The van der Waals surface area contributed by atoms with Gasteiger partial charge >= 0.3 is 0 Å². The molecule has 1 aromatic carbocycles. The highest BCUT2D eigenvalue weighted by Crippen LogP contribution is 2.31. The van der Waals surface area contributed by atoms with Crippen molar-refractivity contribution in [3.8, 4) is 17.2 Å². The van der Waals surface area contributed by atoms with Crippen molar-refractivity contribution in [3.63, 3.8) is 0 Å². The Morgan fingerprint density at radius 2 is 2.28 bits per heavy atom. The third-order valence-electron chi connectivity index (χ3n) is 2.63. The number of ether oxygens (including phenoxy) is 1. The number of rotatable bonds is 4. The van der Waals surface area contributed by atoms with Gasteiger partial charge < -0.3 is 15.0 Å². The Morgan fingerprint density at radius 1 is 1.50 bits per heavy atom. The molecule has 96 valence electrons. The van der Waals surface area contributed by atoms with Gasteiger partial charge in [0.2, 0.25) is 0 Å². The van der Waals surface area contributed by atoms with Crippen LogP contribution in [-0.2, 0) is 0 Å². The molecule has 1 aromatic heterocycles. The van der Waals surface area contributed by atoms with Crippen molar-refractivity contribution >= 4 is 11.6 Å². The minimum absolute atomic E-state index is 0.0563. The second kappa shape index (κ2) is 5.37. The van der Waals surface area contributed by atoms with E-state index in [2.05, 4.69) is 10.1 Å². The van der Waals surface area contributed by atoms with E-state index in [-0.39, 0.29) is 5.92 Å². The molecular formula is C12H14ClN3O2. The summed E-state index contributed by atoms with van der Waals surface area (Å²) < 4.78 is 10.5. The van der Waals surface area contributed by atoms with Crippen LogP contribution in [0.5, 0.6) is 5.75 Å². The number of methoxy groups -OCH3 is 1. The number of nitrogens with two attached hydrogens (primary N) is 1. The van der Waals surface area contributed by atoms with Gasteiger partial charge in [0.25, 0.3) is 5.89 Å². The van der Waals surface area contributed by atoms with E-state index >= 15 is 0 Å². The molecule has 0 amide bonds. The van der Waals surface area contributed by atoms with E-state index in [9.17, 15) is 0 Å². The maximum Gasteiger partial charge on any atom is 0.261 e. The molecule has 1 heterocycles. The molecule has 0 fully saturated rings. The number of aromatic nitrogens is 2. The first-order valence-corrected chi connectivity index (χ1v) is 5.91. The average Bonchev–Trinajstić information content (AvgIpc) is 2.87. The minimum Gasteiger partial charge on any atom is -0.496 e.